The van der Waals surface area contributed by atoms with Crippen LogP contribution in [-0.2, 0) is 11.2 Å². The van der Waals surface area contributed by atoms with Crippen LogP contribution in [-0.4, -0.2) is 23.7 Å². The number of halogens is 2. The lowest BCUT2D eigenvalue weighted by atomic mass is 10.1. The van der Waals surface area contributed by atoms with Crippen molar-refractivity contribution in [3.8, 4) is 0 Å². The Morgan fingerprint density at radius 2 is 2.06 bits per heavy atom. The summed E-state index contributed by atoms with van der Waals surface area (Å²) < 4.78 is 0. The van der Waals surface area contributed by atoms with Crippen LogP contribution >= 0.6 is 23.2 Å². The molecule has 1 atom stereocenters. The van der Waals surface area contributed by atoms with E-state index in [0.717, 1.165) is 24.8 Å². The van der Waals surface area contributed by atoms with Gasteiger partial charge in [0.1, 0.15) is 6.04 Å². The van der Waals surface area contributed by atoms with Crippen LogP contribution in [0, 0.1) is 0 Å². The molecule has 1 rings (SSSR count). The topological polar surface area (TPSA) is 49.3 Å². The Hall–Kier alpha value is -0.770. The first-order chi connectivity index (χ1) is 8.50. The molecular weight excluding hydrogens is 273 g/mol. The third kappa shape index (κ3) is 5.25. The van der Waals surface area contributed by atoms with E-state index in [4.69, 9.17) is 28.3 Å². The van der Waals surface area contributed by atoms with Gasteiger partial charge in [-0.3, -0.25) is 4.79 Å². The highest BCUT2D eigenvalue weighted by atomic mass is 35.5. The summed E-state index contributed by atoms with van der Waals surface area (Å²) in [6.45, 7) is 2.34. The number of carbonyl (C=O) groups is 1. The van der Waals surface area contributed by atoms with Crippen molar-refractivity contribution in [3.63, 3.8) is 0 Å². The van der Waals surface area contributed by atoms with Gasteiger partial charge in [0.2, 0.25) is 0 Å². The number of aryl methyl sites for hydroxylation is 1. The zero-order valence-electron chi connectivity index (χ0n) is 10.2. The summed E-state index contributed by atoms with van der Waals surface area (Å²) in [4.78, 5) is 10.6. The molecule has 0 amide bonds. The fourth-order valence-corrected chi connectivity index (χ4v) is 1.88. The molecule has 0 aliphatic heterocycles. The molecule has 2 N–H and O–H groups in total. The van der Waals surface area contributed by atoms with Gasteiger partial charge in [-0.15, -0.1) is 0 Å². The first kappa shape index (κ1) is 15.3. The Morgan fingerprint density at radius 1 is 1.33 bits per heavy atom. The molecule has 0 fully saturated rings. The molecule has 0 bridgehead atoms. The van der Waals surface area contributed by atoms with E-state index in [1.807, 2.05) is 12.1 Å². The Labute approximate surface area is 117 Å². The zero-order chi connectivity index (χ0) is 13.5. The Bertz CT molecular complexity index is 410. The van der Waals surface area contributed by atoms with Crippen molar-refractivity contribution in [3.05, 3.63) is 33.8 Å². The van der Waals surface area contributed by atoms with Gasteiger partial charge in [-0.05, 0) is 50.4 Å². The molecule has 0 radical (unpaired) electrons. The Balaban J connectivity index is 2.22. The van der Waals surface area contributed by atoms with E-state index in [1.54, 1.807) is 13.0 Å². The van der Waals surface area contributed by atoms with Crippen LogP contribution in [0.2, 0.25) is 10.0 Å². The third-order valence-electron chi connectivity index (χ3n) is 2.70. The van der Waals surface area contributed by atoms with Crippen LogP contribution in [0.5, 0.6) is 0 Å². The average Bonchev–Trinajstić information content (AvgIpc) is 2.32. The molecule has 5 heteroatoms. The molecule has 0 saturated carbocycles. The second-order valence-electron chi connectivity index (χ2n) is 4.22. The lowest BCUT2D eigenvalue weighted by molar-refractivity contribution is -0.138. The van der Waals surface area contributed by atoms with Gasteiger partial charge in [-0.25, -0.2) is 0 Å². The number of carboxylic acids is 1. The fourth-order valence-electron chi connectivity index (χ4n) is 1.56. The zero-order valence-corrected chi connectivity index (χ0v) is 11.8. The highest BCUT2D eigenvalue weighted by Crippen LogP contribution is 2.23. The minimum atomic E-state index is -0.820. The maximum Gasteiger partial charge on any atom is 0.320 e. The van der Waals surface area contributed by atoms with Crippen molar-refractivity contribution in [1.29, 1.82) is 0 Å². The first-order valence-electron chi connectivity index (χ1n) is 5.91. The predicted octanol–water partition coefficient (Wildman–Crippen LogP) is 3.38. The van der Waals surface area contributed by atoms with Gasteiger partial charge in [-0.1, -0.05) is 29.3 Å². The lowest BCUT2D eigenvalue weighted by Gasteiger charge is -2.08. The van der Waals surface area contributed by atoms with Gasteiger partial charge in [-0.2, -0.15) is 0 Å². The highest BCUT2D eigenvalue weighted by Gasteiger charge is 2.08. The van der Waals surface area contributed by atoms with E-state index in [0.29, 0.717) is 16.6 Å². The predicted molar refractivity (Wildman–Crippen MR) is 74.5 cm³/mol. The van der Waals surface area contributed by atoms with Gasteiger partial charge in [0, 0.05) is 0 Å². The number of aliphatic carboxylic acids is 1. The van der Waals surface area contributed by atoms with E-state index < -0.39 is 12.0 Å². The third-order valence-corrected chi connectivity index (χ3v) is 3.44. The standard InChI is InChI=1S/C13H17Cl2NO2/c1-9(13(17)18)16-7-3-2-4-10-5-6-11(14)12(15)8-10/h5-6,8-9,16H,2-4,7H2,1H3,(H,17,18). The molecule has 0 aliphatic carbocycles. The monoisotopic (exact) mass is 289 g/mol. The largest absolute Gasteiger partial charge is 0.480 e. The summed E-state index contributed by atoms with van der Waals surface area (Å²) in [5.74, 6) is -0.820. The first-order valence-corrected chi connectivity index (χ1v) is 6.66. The van der Waals surface area contributed by atoms with Crippen LogP contribution < -0.4 is 5.32 Å². The van der Waals surface area contributed by atoms with Crippen LogP contribution in [0.4, 0.5) is 0 Å². The number of unbranched alkanes of at least 4 members (excludes halogenated alkanes) is 1. The number of rotatable bonds is 7. The Morgan fingerprint density at radius 3 is 2.67 bits per heavy atom. The summed E-state index contributed by atoms with van der Waals surface area (Å²) >= 11 is 11.8. The molecule has 0 heterocycles. The number of carboxylic acid groups (broad SMARTS) is 1. The number of benzene rings is 1. The van der Waals surface area contributed by atoms with Crippen molar-refractivity contribution in [2.24, 2.45) is 0 Å². The molecule has 100 valence electrons. The number of hydrogen-bond donors (Lipinski definition) is 2. The molecule has 0 spiro atoms. The second kappa shape index (κ2) is 7.62. The van der Waals surface area contributed by atoms with E-state index in [2.05, 4.69) is 5.32 Å². The van der Waals surface area contributed by atoms with Gasteiger partial charge < -0.3 is 10.4 Å². The molecule has 3 nitrogen and oxygen atoms in total. The molecule has 0 saturated heterocycles. The van der Waals surface area contributed by atoms with Gasteiger partial charge >= 0.3 is 5.97 Å². The maximum absolute atomic E-state index is 10.6. The fraction of sp³-hybridized carbons (Fsp3) is 0.462. The number of nitrogens with one attached hydrogen (secondary N) is 1. The van der Waals surface area contributed by atoms with Crippen molar-refractivity contribution in [1.82, 2.24) is 5.32 Å². The van der Waals surface area contributed by atoms with Gasteiger partial charge in [0.15, 0.2) is 0 Å². The summed E-state index contributed by atoms with van der Waals surface area (Å²) in [6.07, 6.45) is 2.83. The summed E-state index contributed by atoms with van der Waals surface area (Å²) in [6, 6.07) is 5.14. The SMILES string of the molecule is CC(NCCCCc1ccc(Cl)c(Cl)c1)C(=O)O. The van der Waals surface area contributed by atoms with Crippen LogP contribution in [0.3, 0.4) is 0 Å². The quantitative estimate of drug-likeness (QED) is 0.757. The van der Waals surface area contributed by atoms with Crippen LogP contribution in [0.25, 0.3) is 0 Å². The van der Waals surface area contributed by atoms with Crippen LogP contribution in [0.15, 0.2) is 18.2 Å². The van der Waals surface area contributed by atoms with E-state index >= 15 is 0 Å². The number of hydrogen-bond acceptors (Lipinski definition) is 2. The average molecular weight is 290 g/mol. The van der Waals surface area contributed by atoms with E-state index in [1.165, 1.54) is 0 Å². The summed E-state index contributed by atoms with van der Waals surface area (Å²) in [7, 11) is 0. The molecule has 1 unspecified atom stereocenters. The molecule has 1 aromatic carbocycles. The molecular formula is C13H17Cl2NO2. The molecule has 1 aromatic rings. The maximum atomic E-state index is 10.6. The summed E-state index contributed by atoms with van der Waals surface area (Å²) in [5.41, 5.74) is 1.15. The Kier molecular flexibility index (Phi) is 6.47. The van der Waals surface area contributed by atoms with E-state index in [9.17, 15) is 4.79 Å². The highest BCUT2D eigenvalue weighted by molar-refractivity contribution is 6.42. The lowest BCUT2D eigenvalue weighted by Crippen LogP contribution is -2.34. The minimum Gasteiger partial charge on any atom is -0.480 e. The molecule has 0 aliphatic rings. The van der Waals surface area contributed by atoms with Gasteiger partial charge in [0.25, 0.3) is 0 Å². The normalized spacial score (nSPS) is 12.4. The van der Waals surface area contributed by atoms with Gasteiger partial charge in [0.05, 0.1) is 10.0 Å². The van der Waals surface area contributed by atoms with Crippen molar-refractivity contribution >= 4 is 29.2 Å². The smallest absolute Gasteiger partial charge is 0.320 e. The summed E-state index contributed by atoms with van der Waals surface area (Å²) in [5, 5.41) is 12.8. The van der Waals surface area contributed by atoms with Crippen molar-refractivity contribution < 1.29 is 9.90 Å². The minimum absolute atomic E-state index is 0.491. The van der Waals surface area contributed by atoms with Crippen molar-refractivity contribution in [2.75, 3.05) is 6.54 Å². The molecule has 18 heavy (non-hydrogen) atoms. The van der Waals surface area contributed by atoms with Crippen molar-refractivity contribution in [2.45, 2.75) is 32.2 Å². The van der Waals surface area contributed by atoms with E-state index in [-0.39, 0.29) is 0 Å². The molecule has 0 aromatic heterocycles. The van der Waals surface area contributed by atoms with Crippen LogP contribution in [0.1, 0.15) is 25.3 Å². The second-order valence-corrected chi connectivity index (χ2v) is 5.03.